The number of hydrogen-bond donors (Lipinski definition) is 8. The van der Waals surface area contributed by atoms with Gasteiger partial charge in [0.15, 0.2) is 6.04 Å². The van der Waals surface area contributed by atoms with Gasteiger partial charge in [0.05, 0.1) is 18.6 Å². The molecule has 5 unspecified atom stereocenters. The van der Waals surface area contributed by atoms with Gasteiger partial charge < -0.3 is 42.0 Å². The molecule has 1 aromatic heterocycles. The Balaban J connectivity index is 2.30. The van der Waals surface area contributed by atoms with Crippen molar-refractivity contribution in [2.75, 3.05) is 12.0 Å². The van der Waals surface area contributed by atoms with Gasteiger partial charge in [0.2, 0.25) is 17.7 Å². The molecule has 9 N–H and O–H groups in total. The van der Waals surface area contributed by atoms with E-state index in [1.807, 2.05) is 18.2 Å². The summed E-state index contributed by atoms with van der Waals surface area (Å²) in [5, 5.41) is 36.0. The van der Waals surface area contributed by atoms with E-state index in [1.54, 1.807) is 18.5 Å². The number of H-pyrrole nitrogens is 1. The van der Waals surface area contributed by atoms with Crippen LogP contribution in [0.2, 0.25) is 0 Å². The molecule has 0 fully saturated rings. The summed E-state index contributed by atoms with van der Waals surface area (Å²) in [6.07, 6.45) is 1.55. The molecular weight excluding hydrogens is 518 g/mol. The molecule has 14 heteroatoms. The molecular formula is C24H33N5O8S. The third-order valence-electron chi connectivity index (χ3n) is 5.75. The largest absolute Gasteiger partial charge is 0.481 e. The van der Waals surface area contributed by atoms with Gasteiger partial charge in [-0.1, -0.05) is 18.2 Å². The Morgan fingerprint density at radius 2 is 1.63 bits per heavy atom. The van der Waals surface area contributed by atoms with Crippen LogP contribution in [0, 0.1) is 0 Å². The molecule has 3 amide bonds. The fourth-order valence-electron chi connectivity index (χ4n) is 3.71. The molecule has 5 atom stereocenters. The first-order chi connectivity index (χ1) is 17.9. The minimum Gasteiger partial charge on any atom is -0.481 e. The molecule has 13 nitrogen and oxygen atoms in total. The van der Waals surface area contributed by atoms with Crippen LogP contribution in [0.15, 0.2) is 30.5 Å². The van der Waals surface area contributed by atoms with Gasteiger partial charge in [-0.2, -0.15) is 11.8 Å². The van der Waals surface area contributed by atoms with Gasteiger partial charge in [0, 0.05) is 23.5 Å². The van der Waals surface area contributed by atoms with Crippen LogP contribution in [-0.2, 0) is 30.4 Å². The number of rotatable bonds is 15. The van der Waals surface area contributed by atoms with Gasteiger partial charge in [0.25, 0.3) is 0 Å². The highest BCUT2D eigenvalue weighted by Gasteiger charge is 2.32. The number of nitrogens with two attached hydrogens (primary N) is 1. The first-order valence-electron chi connectivity index (χ1n) is 11.8. The van der Waals surface area contributed by atoms with E-state index in [9.17, 15) is 34.2 Å². The van der Waals surface area contributed by atoms with E-state index in [-0.39, 0.29) is 12.8 Å². The number of benzene rings is 1. The van der Waals surface area contributed by atoms with Crippen molar-refractivity contribution in [1.82, 2.24) is 20.9 Å². The van der Waals surface area contributed by atoms with E-state index in [1.165, 1.54) is 18.7 Å². The molecule has 0 bridgehead atoms. The number of carbonyl (C=O) groups is 5. The highest BCUT2D eigenvalue weighted by molar-refractivity contribution is 7.98. The first-order valence-corrected chi connectivity index (χ1v) is 13.2. The highest BCUT2D eigenvalue weighted by atomic mass is 32.2. The second-order valence-electron chi connectivity index (χ2n) is 8.74. The third-order valence-corrected chi connectivity index (χ3v) is 6.40. The van der Waals surface area contributed by atoms with Gasteiger partial charge in [0.1, 0.15) is 12.1 Å². The van der Waals surface area contributed by atoms with E-state index in [4.69, 9.17) is 10.8 Å². The zero-order valence-corrected chi connectivity index (χ0v) is 21.8. The summed E-state index contributed by atoms with van der Waals surface area (Å²) in [6.45, 7) is 1.21. The summed E-state index contributed by atoms with van der Waals surface area (Å²) in [5.41, 5.74) is 7.16. The fourth-order valence-corrected chi connectivity index (χ4v) is 4.18. The van der Waals surface area contributed by atoms with Crippen molar-refractivity contribution < 1.29 is 39.3 Å². The average molecular weight is 552 g/mol. The average Bonchev–Trinajstić information content (AvgIpc) is 3.26. The van der Waals surface area contributed by atoms with Crippen molar-refractivity contribution in [1.29, 1.82) is 0 Å². The molecule has 208 valence electrons. The number of thioether (sulfide) groups is 1. The van der Waals surface area contributed by atoms with Gasteiger partial charge in [-0.3, -0.25) is 19.2 Å². The lowest BCUT2D eigenvalue weighted by molar-refractivity contribution is -0.145. The SMILES string of the molecule is CSCCC(NC(=O)C(Cc1c[nH]c2ccccc12)NC(=O)C(N)CC(=O)O)C(=O)NC(C(=O)O)C(C)O. The number of fused-ring (bicyclic) bond motifs is 1. The third kappa shape index (κ3) is 8.75. The van der Waals surface area contributed by atoms with Crippen molar-refractivity contribution in [2.45, 2.75) is 56.5 Å². The fraction of sp³-hybridized carbons (Fsp3) is 0.458. The monoisotopic (exact) mass is 551 g/mol. The smallest absolute Gasteiger partial charge is 0.328 e. The van der Waals surface area contributed by atoms with Crippen LogP contribution in [0.5, 0.6) is 0 Å². The number of nitrogens with one attached hydrogen (secondary N) is 4. The van der Waals surface area contributed by atoms with Crippen LogP contribution in [0.3, 0.4) is 0 Å². The molecule has 0 saturated carbocycles. The van der Waals surface area contributed by atoms with Crippen LogP contribution in [0.1, 0.15) is 25.3 Å². The molecule has 2 rings (SSSR count). The minimum atomic E-state index is -1.59. The predicted molar refractivity (Wildman–Crippen MR) is 140 cm³/mol. The van der Waals surface area contributed by atoms with Crippen molar-refractivity contribution >= 4 is 52.3 Å². The highest BCUT2D eigenvalue weighted by Crippen LogP contribution is 2.19. The summed E-state index contributed by atoms with van der Waals surface area (Å²) in [6, 6.07) is 1.87. The Bertz CT molecular complexity index is 1150. The van der Waals surface area contributed by atoms with Gasteiger partial charge in [-0.15, -0.1) is 0 Å². The number of aromatic nitrogens is 1. The maximum atomic E-state index is 13.4. The zero-order chi connectivity index (χ0) is 28.4. The second-order valence-corrected chi connectivity index (χ2v) is 9.72. The number of aliphatic hydroxyl groups excluding tert-OH is 1. The topological polar surface area (TPSA) is 224 Å². The number of aromatic amines is 1. The maximum absolute atomic E-state index is 13.4. The summed E-state index contributed by atoms with van der Waals surface area (Å²) in [4.78, 5) is 64.3. The molecule has 2 aromatic rings. The lowest BCUT2D eigenvalue weighted by atomic mass is 10.0. The molecule has 0 radical (unpaired) electrons. The standard InChI is InChI=1S/C24H33N5O8S/c1-12(30)20(24(36)37)29-22(34)17(7-8-38-2)27-23(35)18(28-21(33)15(25)10-19(31)32)9-13-11-26-16-6-4-3-5-14(13)16/h3-6,11-12,15,17-18,20,26,30H,7-10,25H2,1-2H3,(H,27,35)(H,28,33)(H,29,34)(H,31,32)(H,36,37). The van der Waals surface area contributed by atoms with Gasteiger partial charge in [-0.05, 0) is 37.0 Å². The summed E-state index contributed by atoms with van der Waals surface area (Å²) in [5.74, 6) is -4.73. The molecule has 0 aliphatic rings. The number of carbonyl (C=O) groups excluding carboxylic acids is 3. The van der Waals surface area contributed by atoms with Gasteiger partial charge >= 0.3 is 11.9 Å². The van der Waals surface area contributed by atoms with Gasteiger partial charge in [-0.25, -0.2) is 4.79 Å². The van der Waals surface area contributed by atoms with Crippen LogP contribution in [0.25, 0.3) is 10.9 Å². The number of aliphatic carboxylic acids is 2. The molecule has 1 heterocycles. The number of amides is 3. The molecule has 38 heavy (non-hydrogen) atoms. The molecule has 0 aliphatic carbocycles. The molecule has 0 aliphatic heterocycles. The van der Waals surface area contributed by atoms with Crippen molar-refractivity contribution in [3.8, 4) is 0 Å². The summed E-state index contributed by atoms with van der Waals surface area (Å²) < 4.78 is 0. The van der Waals surface area contributed by atoms with Crippen molar-refractivity contribution in [2.24, 2.45) is 5.73 Å². The quantitative estimate of drug-likeness (QED) is 0.137. The maximum Gasteiger partial charge on any atom is 0.328 e. The van der Waals surface area contributed by atoms with E-state index in [0.717, 1.165) is 10.9 Å². The van der Waals surface area contributed by atoms with Crippen LogP contribution in [-0.4, -0.2) is 92.2 Å². The van der Waals surface area contributed by atoms with E-state index >= 15 is 0 Å². The van der Waals surface area contributed by atoms with Crippen molar-refractivity contribution in [3.63, 3.8) is 0 Å². The Morgan fingerprint density at radius 1 is 1.00 bits per heavy atom. The van der Waals surface area contributed by atoms with Crippen LogP contribution < -0.4 is 21.7 Å². The zero-order valence-electron chi connectivity index (χ0n) is 21.0. The van der Waals surface area contributed by atoms with Crippen LogP contribution in [0.4, 0.5) is 0 Å². The summed E-state index contributed by atoms with van der Waals surface area (Å²) in [7, 11) is 0. The minimum absolute atomic E-state index is 0.0102. The Hall–Kier alpha value is -3.62. The van der Waals surface area contributed by atoms with E-state index in [0.29, 0.717) is 11.3 Å². The predicted octanol–water partition coefficient (Wildman–Crippen LogP) is -0.815. The first kappa shape index (κ1) is 30.6. The van der Waals surface area contributed by atoms with Crippen LogP contribution >= 0.6 is 11.8 Å². The lowest BCUT2D eigenvalue weighted by Gasteiger charge is -2.25. The molecule has 0 spiro atoms. The number of para-hydroxylation sites is 1. The Labute approximate surface area is 222 Å². The normalized spacial score (nSPS) is 15.1. The number of aliphatic hydroxyl groups is 1. The lowest BCUT2D eigenvalue weighted by Crippen LogP contribution is -2.58. The van der Waals surface area contributed by atoms with Crippen molar-refractivity contribution in [3.05, 3.63) is 36.0 Å². The Morgan fingerprint density at radius 3 is 2.24 bits per heavy atom. The Kier molecular flexibility index (Phi) is 11.6. The van der Waals surface area contributed by atoms with E-state index < -0.39 is 66.4 Å². The summed E-state index contributed by atoms with van der Waals surface area (Å²) >= 11 is 1.40. The van der Waals surface area contributed by atoms with E-state index in [2.05, 4.69) is 20.9 Å². The molecule has 0 saturated heterocycles. The number of carboxylic acids is 2. The molecule has 1 aromatic carbocycles. The second kappa shape index (κ2) is 14.4. The number of hydrogen-bond acceptors (Lipinski definition) is 8. The number of carboxylic acid groups (broad SMARTS) is 2.